The van der Waals surface area contributed by atoms with Crippen LogP contribution in [0.4, 0.5) is 0 Å². The van der Waals surface area contributed by atoms with Crippen molar-refractivity contribution in [3.63, 3.8) is 0 Å². The van der Waals surface area contributed by atoms with E-state index in [1.54, 1.807) is 6.08 Å². The normalized spacial score (nSPS) is 13.5. The van der Waals surface area contributed by atoms with Gasteiger partial charge >= 0.3 is 0 Å². The molecule has 2 N–H and O–H groups in total. The molecule has 0 aromatic heterocycles. The average molecular weight is 1260 g/mol. The summed E-state index contributed by atoms with van der Waals surface area (Å²) in [6.07, 6.45) is 92.5. The third kappa shape index (κ3) is 72.7. The number of quaternary nitrogens is 1. The van der Waals surface area contributed by atoms with E-state index in [1.165, 1.54) is 379 Å². The van der Waals surface area contributed by atoms with Gasteiger partial charge in [-0.15, -0.1) is 0 Å². The lowest BCUT2D eigenvalue weighted by Gasteiger charge is -2.29. The number of carbonyl (C=O) groups is 1. The van der Waals surface area contributed by atoms with Gasteiger partial charge in [0.15, 0.2) is 0 Å². The number of phosphoric ester groups is 1. The highest BCUT2D eigenvalue weighted by molar-refractivity contribution is 7.45. The van der Waals surface area contributed by atoms with Crippen LogP contribution in [0.2, 0.25) is 0 Å². The van der Waals surface area contributed by atoms with Gasteiger partial charge in [-0.25, -0.2) is 0 Å². The molecule has 0 aromatic rings. The van der Waals surface area contributed by atoms with E-state index in [9.17, 15) is 19.4 Å². The summed E-state index contributed by atoms with van der Waals surface area (Å²) in [5, 5.41) is 14.0. The second-order valence-electron chi connectivity index (χ2n) is 29.1. The molecule has 0 aliphatic heterocycles. The molecule has 0 rings (SSSR count). The fourth-order valence-electron chi connectivity index (χ4n) is 12.8. The van der Waals surface area contributed by atoms with Crippen molar-refractivity contribution in [2.45, 2.75) is 450 Å². The molecule has 0 aliphatic rings. The monoisotopic (exact) mass is 1260 g/mol. The minimum Gasteiger partial charge on any atom is -0.756 e. The summed E-state index contributed by atoms with van der Waals surface area (Å²) in [6.45, 7) is 4.73. The number of rotatable bonds is 76. The largest absolute Gasteiger partial charge is 0.756 e. The first-order valence-corrected chi connectivity index (χ1v) is 41.5. The SMILES string of the molecule is CCCCCCCCCCCCCCCCCCCCCCCCCCCC/C=C/C(O)C(COP(=O)([O-])OCC[N+](C)(C)C)NC(=O)CCCCCCCCCCCCCCCCCCCCCCCCCCCCCCCCCCCCCCCC. The molecule has 0 radical (unpaired) electrons. The van der Waals surface area contributed by atoms with Crippen molar-refractivity contribution in [2.24, 2.45) is 0 Å². The molecular weight excluding hydrogens is 1100 g/mol. The molecule has 9 heteroatoms. The van der Waals surface area contributed by atoms with Gasteiger partial charge in [0.2, 0.25) is 5.91 Å². The van der Waals surface area contributed by atoms with Crippen molar-refractivity contribution in [1.82, 2.24) is 5.32 Å². The van der Waals surface area contributed by atoms with Crippen LogP contribution >= 0.6 is 7.82 Å². The van der Waals surface area contributed by atoms with Crippen LogP contribution in [-0.2, 0) is 18.4 Å². The minimum atomic E-state index is -4.60. The van der Waals surface area contributed by atoms with E-state index in [0.717, 1.165) is 38.5 Å². The zero-order chi connectivity index (χ0) is 64.1. The standard InChI is InChI=1S/C79H159N2O6P/c1-6-8-10-12-14-16-18-20-22-24-26-28-30-32-34-36-37-38-39-40-41-42-43-44-45-47-49-51-53-55-57-59-61-63-65-67-69-71-73-79(83)80-77(76-87-88(84,85)86-75-74-81(3,4)5)78(82)72-70-68-66-64-62-60-58-56-54-52-50-48-46-35-33-31-29-27-25-23-21-19-17-15-13-11-9-7-2/h70,72,77-78,82H,6-69,71,73-76H2,1-5H3,(H-,80,83,84,85)/b72-70+. The highest BCUT2D eigenvalue weighted by Crippen LogP contribution is 2.38. The van der Waals surface area contributed by atoms with Gasteiger partial charge in [-0.1, -0.05) is 424 Å². The maximum Gasteiger partial charge on any atom is 0.268 e. The fourth-order valence-corrected chi connectivity index (χ4v) is 13.5. The van der Waals surface area contributed by atoms with Gasteiger partial charge < -0.3 is 28.8 Å². The number of nitrogens with zero attached hydrogens (tertiary/aromatic N) is 1. The van der Waals surface area contributed by atoms with Crippen molar-refractivity contribution in [3.8, 4) is 0 Å². The molecule has 0 spiro atoms. The van der Waals surface area contributed by atoms with Crippen LogP contribution in [0.3, 0.4) is 0 Å². The lowest BCUT2D eigenvalue weighted by Crippen LogP contribution is -2.45. The van der Waals surface area contributed by atoms with Gasteiger partial charge in [-0.05, 0) is 19.3 Å². The van der Waals surface area contributed by atoms with Gasteiger partial charge in [0.25, 0.3) is 7.82 Å². The maximum absolute atomic E-state index is 13.1. The quantitative estimate of drug-likeness (QED) is 0.0272. The number of carbonyl (C=O) groups excluding carboxylic acids is 1. The summed E-state index contributed by atoms with van der Waals surface area (Å²) >= 11 is 0. The van der Waals surface area contributed by atoms with Crippen molar-refractivity contribution < 1.29 is 32.9 Å². The Morgan fingerprint density at radius 3 is 0.852 bits per heavy atom. The minimum absolute atomic E-state index is 0.00315. The summed E-state index contributed by atoms with van der Waals surface area (Å²) in [4.78, 5) is 25.7. The van der Waals surface area contributed by atoms with Crippen LogP contribution < -0.4 is 10.2 Å². The fraction of sp³-hybridized carbons (Fsp3) is 0.962. The van der Waals surface area contributed by atoms with Crippen LogP contribution in [0.5, 0.6) is 0 Å². The molecule has 8 nitrogen and oxygen atoms in total. The Hall–Kier alpha value is -0.760. The molecule has 3 unspecified atom stereocenters. The molecule has 0 saturated carbocycles. The van der Waals surface area contributed by atoms with Crippen LogP contribution in [-0.4, -0.2) is 68.5 Å². The predicted molar refractivity (Wildman–Crippen MR) is 386 cm³/mol. The van der Waals surface area contributed by atoms with Gasteiger partial charge in [-0.2, -0.15) is 0 Å². The zero-order valence-electron chi connectivity index (χ0n) is 60.5. The number of amides is 1. The van der Waals surface area contributed by atoms with Crippen molar-refractivity contribution in [3.05, 3.63) is 12.2 Å². The lowest BCUT2D eigenvalue weighted by atomic mass is 10.0. The third-order valence-electron chi connectivity index (χ3n) is 19.0. The molecule has 0 bridgehead atoms. The number of hydrogen-bond donors (Lipinski definition) is 2. The molecule has 1 amide bonds. The van der Waals surface area contributed by atoms with Gasteiger partial charge in [-0.3, -0.25) is 9.36 Å². The molecule has 88 heavy (non-hydrogen) atoms. The van der Waals surface area contributed by atoms with Gasteiger partial charge in [0.1, 0.15) is 13.2 Å². The Balaban J connectivity index is 3.91. The van der Waals surface area contributed by atoms with Crippen molar-refractivity contribution in [1.29, 1.82) is 0 Å². The van der Waals surface area contributed by atoms with Crippen LogP contribution in [0.15, 0.2) is 12.2 Å². The van der Waals surface area contributed by atoms with Gasteiger partial charge in [0.05, 0.1) is 39.9 Å². The number of unbranched alkanes of at least 4 members (excludes halogenated alkanes) is 63. The van der Waals surface area contributed by atoms with E-state index < -0.39 is 20.0 Å². The second-order valence-corrected chi connectivity index (χ2v) is 30.6. The smallest absolute Gasteiger partial charge is 0.268 e. The Labute approximate surface area is 552 Å². The molecule has 0 aliphatic carbocycles. The predicted octanol–water partition coefficient (Wildman–Crippen LogP) is 25.4. The number of nitrogens with one attached hydrogen (secondary N) is 1. The first-order chi connectivity index (χ1) is 43.0. The van der Waals surface area contributed by atoms with E-state index in [4.69, 9.17) is 9.05 Å². The highest BCUT2D eigenvalue weighted by Gasteiger charge is 2.23. The summed E-state index contributed by atoms with van der Waals surface area (Å²) in [5.41, 5.74) is 0. The maximum atomic E-state index is 13.1. The topological polar surface area (TPSA) is 108 Å². The Bertz CT molecular complexity index is 1440. The van der Waals surface area contributed by atoms with E-state index in [1.807, 2.05) is 27.2 Å². The van der Waals surface area contributed by atoms with E-state index in [2.05, 4.69) is 19.2 Å². The number of hydrogen-bond acceptors (Lipinski definition) is 6. The summed E-state index contributed by atoms with van der Waals surface area (Å²) in [7, 11) is 1.29. The molecule has 0 aromatic carbocycles. The van der Waals surface area contributed by atoms with Crippen LogP contribution in [0.25, 0.3) is 0 Å². The number of likely N-dealkylation sites (N-methyl/N-ethyl adjacent to an activating group) is 1. The van der Waals surface area contributed by atoms with Crippen molar-refractivity contribution in [2.75, 3.05) is 40.9 Å². The van der Waals surface area contributed by atoms with Crippen LogP contribution in [0, 0.1) is 0 Å². The Kier molecular flexibility index (Phi) is 69.9. The molecule has 3 atom stereocenters. The molecule has 0 saturated heterocycles. The number of allylic oxidation sites excluding steroid dienone is 1. The first kappa shape index (κ1) is 87.2. The highest BCUT2D eigenvalue weighted by atomic mass is 31.2. The third-order valence-corrected chi connectivity index (χ3v) is 20.0. The van der Waals surface area contributed by atoms with E-state index >= 15 is 0 Å². The Morgan fingerprint density at radius 2 is 0.614 bits per heavy atom. The summed E-state index contributed by atoms with van der Waals surface area (Å²) < 4.78 is 23.5. The summed E-state index contributed by atoms with van der Waals surface area (Å²) in [6, 6.07) is -0.885. The van der Waals surface area contributed by atoms with Gasteiger partial charge in [0, 0.05) is 6.42 Å². The van der Waals surface area contributed by atoms with Crippen LogP contribution in [0.1, 0.15) is 438 Å². The zero-order valence-corrected chi connectivity index (χ0v) is 61.4. The lowest BCUT2D eigenvalue weighted by molar-refractivity contribution is -0.870. The molecular formula is C79H159N2O6P. The van der Waals surface area contributed by atoms with E-state index in [-0.39, 0.29) is 19.1 Å². The average Bonchev–Trinajstić information content (AvgIpc) is 3.58. The molecule has 0 fully saturated rings. The first-order valence-electron chi connectivity index (χ1n) is 40.1. The molecule has 526 valence electrons. The Morgan fingerprint density at radius 1 is 0.386 bits per heavy atom. The van der Waals surface area contributed by atoms with E-state index in [0.29, 0.717) is 17.4 Å². The number of aliphatic hydroxyl groups excluding tert-OH is 1. The number of phosphoric acid groups is 1. The molecule has 0 heterocycles. The van der Waals surface area contributed by atoms with Crippen molar-refractivity contribution >= 4 is 13.7 Å². The second kappa shape index (κ2) is 70.6. The summed E-state index contributed by atoms with van der Waals surface area (Å²) in [5.74, 6) is -0.186. The number of aliphatic hydroxyl groups is 1.